The Bertz CT molecular complexity index is 791. The maximum atomic E-state index is 12.1. The molecular formula is C22H30ClN3O4. The molecule has 2 atom stereocenters. The van der Waals surface area contributed by atoms with Crippen molar-refractivity contribution in [2.24, 2.45) is 5.92 Å². The quantitative estimate of drug-likeness (QED) is 0.457. The molecule has 164 valence electrons. The summed E-state index contributed by atoms with van der Waals surface area (Å²) in [6.45, 7) is 5.21. The van der Waals surface area contributed by atoms with E-state index >= 15 is 0 Å². The van der Waals surface area contributed by atoms with Crippen LogP contribution in [0.3, 0.4) is 0 Å². The van der Waals surface area contributed by atoms with Crippen LogP contribution < -0.4 is 25.4 Å². The predicted molar refractivity (Wildman–Crippen MR) is 119 cm³/mol. The van der Waals surface area contributed by atoms with Crippen LogP contribution in [0.1, 0.15) is 12.5 Å². The van der Waals surface area contributed by atoms with E-state index in [0.717, 1.165) is 24.3 Å². The van der Waals surface area contributed by atoms with Gasteiger partial charge in [0.15, 0.2) is 18.1 Å². The minimum atomic E-state index is -0.292. The molecule has 1 heterocycles. The summed E-state index contributed by atoms with van der Waals surface area (Å²) >= 11 is 0. The van der Waals surface area contributed by atoms with Crippen molar-refractivity contribution < 1.29 is 19.4 Å². The fourth-order valence-electron chi connectivity index (χ4n) is 3.24. The Labute approximate surface area is 183 Å². The molecule has 30 heavy (non-hydrogen) atoms. The number of amides is 1. The molecule has 0 aliphatic carbocycles. The van der Waals surface area contributed by atoms with Gasteiger partial charge in [0.1, 0.15) is 0 Å². The van der Waals surface area contributed by atoms with Crippen molar-refractivity contribution in [3.8, 4) is 11.5 Å². The van der Waals surface area contributed by atoms with E-state index in [9.17, 15) is 9.90 Å². The Kier molecular flexibility index (Phi) is 9.89. The summed E-state index contributed by atoms with van der Waals surface area (Å²) in [4.78, 5) is 12.1. The van der Waals surface area contributed by atoms with E-state index in [1.54, 1.807) is 0 Å². The van der Waals surface area contributed by atoms with Crippen LogP contribution >= 0.6 is 12.4 Å². The number of carbonyl (C=O) groups excluding carboxylic acids is 1. The van der Waals surface area contributed by atoms with Crippen LogP contribution in [0.5, 0.6) is 11.5 Å². The maximum Gasteiger partial charge on any atom is 0.262 e. The van der Waals surface area contributed by atoms with Gasteiger partial charge in [-0.05, 0) is 36.8 Å². The lowest BCUT2D eigenvalue weighted by Gasteiger charge is -2.16. The zero-order valence-corrected chi connectivity index (χ0v) is 17.9. The SMILES string of the molecule is CCOc1cc(CNCC2CNCC2O)ccc1OCC(=O)Nc1ccccc1.Cl. The monoisotopic (exact) mass is 435 g/mol. The van der Waals surface area contributed by atoms with E-state index < -0.39 is 0 Å². The number of nitrogens with one attached hydrogen (secondary N) is 3. The van der Waals surface area contributed by atoms with Crippen LogP contribution in [0.15, 0.2) is 48.5 Å². The zero-order chi connectivity index (χ0) is 20.5. The molecule has 0 aromatic heterocycles. The fourth-order valence-corrected chi connectivity index (χ4v) is 3.24. The molecule has 2 unspecified atom stereocenters. The van der Waals surface area contributed by atoms with Crippen LogP contribution in [0, 0.1) is 5.92 Å². The number of benzene rings is 2. The maximum absolute atomic E-state index is 12.1. The lowest BCUT2D eigenvalue weighted by Crippen LogP contribution is -2.30. The van der Waals surface area contributed by atoms with Crippen LogP contribution in [-0.2, 0) is 11.3 Å². The molecule has 7 nitrogen and oxygen atoms in total. The molecular weight excluding hydrogens is 406 g/mol. The molecule has 0 spiro atoms. The highest BCUT2D eigenvalue weighted by molar-refractivity contribution is 5.91. The van der Waals surface area contributed by atoms with Gasteiger partial charge in [-0.25, -0.2) is 0 Å². The average Bonchev–Trinajstić information content (AvgIpc) is 3.13. The topological polar surface area (TPSA) is 91.8 Å². The summed E-state index contributed by atoms with van der Waals surface area (Å²) in [5.41, 5.74) is 1.78. The van der Waals surface area contributed by atoms with Gasteiger partial charge in [0.05, 0.1) is 12.7 Å². The summed E-state index contributed by atoms with van der Waals surface area (Å²) in [5, 5.41) is 19.2. The van der Waals surface area contributed by atoms with Crippen molar-refractivity contribution in [3.63, 3.8) is 0 Å². The lowest BCUT2D eigenvalue weighted by atomic mass is 10.1. The Morgan fingerprint density at radius 1 is 1.13 bits per heavy atom. The number of para-hydroxylation sites is 1. The normalized spacial score (nSPS) is 17.8. The molecule has 0 saturated carbocycles. The van der Waals surface area contributed by atoms with E-state index in [1.807, 2.05) is 55.5 Å². The Balaban J connectivity index is 0.00000320. The number of carbonyl (C=O) groups is 1. The van der Waals surface area contributed by atoms with Crippen LogP contribution in [0.4, 0.5) is 5.69 Å². The number of hydrogen-bond donors (Lipinski definition) is 4. The third-order valence-corrected chi connectivity index (χ3v) is 4.76. The first-order valence-electron chi connectivity index (χ1n) is 9.98. The van der Waals surface area contributed by atoms with Crippen molar-refractivity contribution >= 4 is 24.0 Å². The highest BCUT2D eigenvalue weighted by atomic mass is 35.5. The number of hydrogen-bond acceptors (Lipinski definition) is 6. The second-order valence-corrected chi connectivity index (χ2v) is 7.03. The van der Waals surface area contributed by atoms with E-state index in [0.29, 0.717) is 31.2 Å². The highest BCUT2D eigenvalue weighted by Crippen LogP contribution is 2.28. The third-order valence-electron chi connectivity index (χ3n) is 4.76. The zero-order valence-electron chi connectivity index (χ0n) is 17.1. The van der Waals surface area contributed by atoms with Gasteiger partial charge < -0.3 is 30.5 Å². The van der Waals surface area contributed by atoms with Gasteiger partial charge in [-0.1, -0.05) is 24.3 Å². The van der Waals surface area contributed by atoms with E-state index in [2.05, 4.69) is 16.0 Å². The number of halogens is 1. The summed E-state index contributed by atoms with van der Waals surface area (Å²) in [6.07, 6.45) is -0.292. The average molecular weight is 436 g/mol. The molecule has 1 aliphatic rings. The second kappa shape index (κ2) is 12.4. The largest absolute Gasteiger partial charge is 0.490 e. The number of β-amino-alcohol motifs (C(OH)–C–C–N with tert-alkyl or cyclic N) is 1. The molecule has 1 amide bonds. The van der Waals surface area contributed by atoms with E-state index in [1.165, 1.54) is 0 Å². The molecule has 0 radical (unpaired) electrons. The minimum absolute atomic E-state index is 0. The highest BCUT2D eigenvalue weighted by Gasteiger charge is 2.24. The minimum Gasteiger partial charge on any atom is -0.490 e. The molecule has 4 N–H and O–H groups in total. The first kappa shape index (κ1) is 24.0. The number of aliphatic hydroxyl groups excluding tert-OH is 1. The van der Waals surface area contributed by atoms with Gasteiger partial charge >= 0.3 is 0 Å². The van der Waals surface area contributed by atoms with Gasteiger partial charge in [0, 0.05) is 37.8 Å². The molecule has 0 bridgehead atoms. The smallest absolute Gasteiger partial charge is 0.262 e. The van der Waals surface area contributed by atoms with Crippen molar-refractivity contribution in [2.45, 2.75) is 19.6 Å². The lowest BCUT2D eigenvalue weighted by molar-refractivity contribution is -0.118. The third kappa shape index (κ3) is 7.18. The Morgan fingerprint density at radius 3 is 2.63 bits per heavy atom. The first-order valence-corrected chi connectivity index (χ1v) is 9.98. The summed E-state index contributed by atoms with van der Waals surface area (Å²) < 4.78 is 11.4. The summed E-state index contributed by atoms with van der Waals surface area (Å²) in [5.74, 6) is 1.15. The molecule has 1 saturated heterocycles. The van der Waals surface area contributed by atoms with Crippen molar-refractivity contribution in [1.82, 2.24) is 10.6 Å². The van der Waals surface area contributed by atoms with Gasteiger partial charge in [-0.2, -0.15) is 0 Å². The molecule has 1 aliphatic heterocycles. The summed E-state index contributed by atoms with van der Waals surface area (Å²) in [6, 6.07) is 15.0. The molecule has 2 aromatic rings. The second-order valence-electron chi connectivity index (χ2n) is 7.03. The van der Waals surface area contributed by atoms with Crippen molar-refractivity contribution in [2.75, 3.05) is 38.2 Å². The number of ether oxygens (including phenoxy) is 2. The first-order chi connectivity index (χ1) is 14.2. The van der Waals surface area contributed by atoms with Crippen molar-refractivity contribution in [1.29, 1.82) is 0 Å². The predicted octanol–water partition coefficient (Wildman–Crippen LogP) is 2.19. The summed E-state index contributed by atoms with van der Waals surface area (Å²) in [7, 11) is 0. The molecule has 2 aromatic carbocycles. The van der Waals surface area contributed by atoms with Gasteiger partial charge in [0.2, 0.25) is 0 Å². The number of aliphatic hydroxyl groups is 1. The van der Waals surface area contributed by atoms with Gasteiger partial charge in [-0.3, -0.25) is 4.79 Å². The van der Waals surface area contributed by atoms with Crippen LogP contribution in [-0.4, -0.2) is 50.0 Å². The van der Waals surface area contributed by atoms with E-state index in [-0.39, 0.29) is 36.9 Å². The van der Waals surface area contributed by atoms with Crippen LogP contribution in [0.2, 0.25) is 0 Å². The van der Waals surface area contributed by atoms with Crippen molar-refractivity contribution in [3.05, 3.63) is 54.1 Å². The molecule has 3 rings (SSSR count). The molecule has 1 fully saturated rings. The van der Waals surface area contributed by atoms with E-state index in [4.69, 9.17) is 9.47 Å². The number of anilines is 1. The molecule has 8 heteroatoms. The van der Waals surface area contributed by atoms with Gasteiger partial charge in [-0.15, -0.1) is 12.4 Å². The standard InChI is InChI=1S/C22H29N3O4.ClH/c1-2-28-21-10-16(11-23-12-17-13-24-14-19(17)26)8-9-20(21)29-15-22(27)25-18-6-4-3-5-7-18;/h3-10,17,19,23-24,26H,2,11-15H2,1H3,(H,25,27);1H. The Morgan fingerprint density at radius 2 is 1.93 bits per heavy atom. The van der Waals surface area contributed by atoms with Crippen LogP contribution in [0.25, 0.3) is 0 Å². The van der Waals surface area contributed by atoms with Gasteiger partial charge in [0.25, 0.3) is 5.91 Å². The fraction of sp³-hybridized carbons (Fsp3) is 0.409. The number of rotatable bonds is 10. The Hall–Kier alpha value is -2.32.